The van der Waals surface area contributed by atoms with Crippen molar-refractivity contribution in [3.63, 3.8) is 0 Å². The summed E-state index contributed by atoms with van der Waals surface area (Å²) in [6.07, 6.45) is -0.653. The minimum absolute atomic E-state index is 0.0476. The van der Waals surface area contributed by atoms with Gasteiger partial charge in [0.2, 0.25) is 5.91 Å². The third-order valence-electron chi connectivity index (χ3n) is 2.37. The third kappa shape index (κ3) is 2.36. The summed E-state index contributed by atoms with van der Waals surface area (Å²) in [4.78, 5) is 24.0. The van der Waals surface area contributed by atoms with E-state index < -0.39 is 12.2 Å². The molecule has 0 aliphatic carbocycles. The molecule has 5 nitrogen and oxygen atoms in total. The van der Waals surface area contributed by atoms with E-state index in [1.807, 2.05) is 0 Å². The summed E-state index contributed by atoms with van der Waals surface area (Å²) >= 11 is 11.6. The van der Waals surface area contributed by atoms with E-state index in [0.29, 0.717) is 15.7 Å². The summed E-state index contributed by atoms with van der Waals surface area (Å²) in [6.45, 7) is 0. The molecular formula is C10H9Cl2N3O2. The van der Waals surface area contributed by atoms with Crippen molar-refractivity contribution >= 4 is 40.8 Å². The minimum Gasteiger partial charge on any atom is -0.310 e. The van der Waals surface area contributed by atoms with Crippen LogP contribution in [0.1, 0.15) is 6.42 Å². The molecule has 0 spiro atoms. The lowest BCUT2D eigenvalue weighted by Crippen LogP contribution is -2.58. The second-order valence-corrected chi connectivity index (χ2v) is 4.41. The van der Waals surface area contributed by atoms with Gasteiger partial charge in [0, 0.05) is 5.69 Å². The van der Waals surface area contributed by atoms with Gasteiger partial charge in [0.25, 0.3) is 0 Å². The zero-order valence-electron chi connectivity index (χ0n) is 8.61. The van der Waals surface area contributed by atoms with Gasteiger partial charge in [0.1, 0.15) is 0 Å². The highest BCUT2D eigenvalue weighted by Crippen LogP contribution is 2.28. The lowest BCUT2D eigenvalue weighted by molar-refractivity contribution is -0.120. The van der Waals surface area contributed by atoms with E-state index in [1.165, 1.54) is 11.0 Å². The molecular weight excluding hydrogens is 265 g/mol. The van der Waals surface area contributed by atoms with Crippen molar-refractivity contribution in [2.75, 3.05) is 4.90 Å². The Morgan fingerprint density at radius 2 is 2.00 bits per heavy atom. The summed E-state index contributed by atoms with van der Waals surface area (Å²) in [7, 11) is 0. The van der Waals surface area contributed by atoms with Gasteiger partial charge in [-0.2, -0.15) is 0 Å². The molecule has 1 saturated heterocycles. The highest BCUT2D eigenvalue weighted by molar-refractivity contribution is 6.42. The first-order valence-electron chi connectivity index (χ1n) is 4.82. The van der Waals surface area contributed by atoms with Crippen LogP contribution >= 0.6 is 23.2 Å². The Morgan fingerprint density at radius 1 is 1.29 bits per heavy atom. The molecule has 1 aromatic carbocycles. The summed E-state index contributed by atoms with van der Waals surface area (Å²) in [6, 6.07) is 4.14. The van der Waals surface area contributed by atoms with E-state index in [2.05, 4.69) is 5.32 Å². The van der Waals surface area contributed by atoms with Crippen LogP contribution < -0.4 is 16.0 Å². The van der Waals surface area contributed by atoms with Crippen molar-refractivity contribution in [1.29, 1.82) is 0 Å². The molecule has 7 heteroatoms. The number of nitrogens with two attached hydrogens (primary N) is 1. The zero-order chi connectivity index (χ0) is 12.6. The van der Waals surface area contributed by atoms with Crippen LogP contribution in [-0.4, -0.2) is 18.1 Å². The number of amides is 3. The van der Waals surface area contributed by atoms with Gasteiger partial charge in [-0.1, -0.05) is 23.2 Å². The Balaban J connectivity index is 2.35. The number of carbonyl (C=O) groups excluding carboxylic acids is 2. The Kier molecular flexibility index (Phi) is 3.24. The molecule has 2 rings (SSSR count). The quantitative estimate of drug-likeness (QED) is 0.818. The third-order valence-corrected chi connectivity index (χ3v) is 3.11. The highest BCUT2D eigenvalue weighted by Gasteiger charge is 2.31. The van der Waals surface area contributed by atoms with Crippen LogP contribution in [0, 0.1) is 0 Å². The number of urea groups is 1. The van der Waals surface area contributed by atoms with Crippen molar-refractivity contribution in [2.24, 2.45) is 5.73 Å². The Bertz CT molecular complexity index is 492. The molecule has 0 bridgehead atoms. The number of nitrogens with one attached hydrogen (secondary N) is 1. The van der Waals surface area contributed by atoms with Crippen LogP contribution in [0.3, 0.4) is 0 Å². The summed E-state index contributed by atoms with van der Waals surface area (Å²) in [5, 5.41) is 2.89. The largest absolute Gasteiger partial charge is 0.329 e. The van der Waals surface area contributed by atoms with Crippen LogP contribution in [0.5, 0.6) is 0 Å². The summed E-state index contributed by atoms with van der Waals surface area (Å²) in [5.74, 6) is -0.390. The molecule has 3 N–H and O–H groups in total. The molecule has 3 amide bonds. The maximum atomic E-state index is 11.6. The van der Waals surface area contributed by atoms with Gasteiger partial charge in [0.15, 0.2) is 0 Å². The summed E-state index contributed by atoms with van der Waals surface area (Å²) in [5.41, 5.74) is 6.25. The first kappa shape index (κ1) is 12.2. The first-order chi connectivity index (χ1) is 7.99. The molecule has 1 fully saturated rings. The van der Waals surface area contributed by atoms with Crippen LogP contribution in [0.4, 0.5) is 10.5 Å². The van der Waals surface area contributed by atoms with Crippen molar-refractivity contribution in [2.45, 2.75) is 12.6 Å². The topological polar surface area (TPSA) is 75.4 Å². The van der Waals surface area contributed by atoms with Crippen molar-refractivity contribution < 1.29 is 9.59 Å². The number of hydrogen-bond donors (Lipinski definition) is 2. The van der Waals surface area contributed by atoms with Gasteiger partial charge in [-0.3, -0.25) is 15.0 Å². The molecule has 0 aromatic heterocycles. The number of nitrogens with zero attached hydrogens (tertiary/aromatic N) is 1. The normalized spacial score (nSPS) is 20.4. The molecule has 0 radical (unpaired) electrons. The average molecular weight is 274 g/mol. The van der Waals surface area contributed by atoms with Crippen LogP contribution in [-0.2, 0) is 4.79 Å². The molecule has 90 valence electrons. The van der Waals surface area contributed by atoms with E-state index in [4.69, 9.17) is 28.9 Å². The number of carbonyl (C=O) groups is 2. The second-order valence-electron chi connectivity index (χ2n) is 3.59. The van der Waals surface area contributed by atoms with Crippen molar-refractivity contribution in [3.8, 4) is 0 Å². The molecule has 1 aliphatic rings. The number of rotatable bonds is 1. The number of halogens is 2. The molecule has 1 heterocycles. The van der Waals surface area contributed by atoms with Gasteiger partial charge in [-0.25, -0.2) is 4.79 Å². The van der Waals surface area contributed by atoms with Gasteiger partial charge < -0.3 is 5.73 Å². The SMILES string of the molecule is NC1CC(=O)NC(=O)N1c1ccc(Cl)c(Cl)c1. The minimum atomic E-state index is -0.700. The fourth-order valence-corrected chi connectivity index (χ4v) is 1.90. The zero-order valence-corrected chi connectivity index (χ0v) is 10.1. The molecule has 1 atom stereocenters. The first-order valence-corrected chi connectivity index (χ1v) is 5.58. The van der Waals surface area contributed by atoms with E-state index in [9.17, 15) is 9.59 Å². The van der Waals surface area contributed by atoms with Gasteiger partial charge in [-0.15, -0.1) is 0 Å². The number of imide groups is 1. The number of anilines is 1. The molecule has 1 unspecified atom stereocenters. The monoisotopic (exact) mass is 273 g/mol. The van der Waals surface area contributed by atoms with Crippen LogP contribution in [0.15, 0.2) is 18.2 Å². The van der Waals surface area contributed by atoms with E-state index in [-0.39, 0.29) is 12.3 Å². The Morgan fingerprint density at radius 3 is 2.59 bits per heavy atom. The lowest BCUT2D eigenvalue weighted by atomic mass is 10.2. The molecule has 1 aromatic rings. The van der Waals surface area contributed by atoms with Gasteiger partial charge >= 0.3 is 6.03 Å². The fraction of sp³-hybridized carbons (Fsp3) is 0.200. The molecule has 1 aliphatic heterocycles. The predicted molar refractivity (Wildman–Crippen MR) is 65.1 cm³/mol. The maximum absolute atomic E-state index is 11.6. The second kappa shape index (κ2) is 4.52. The molecule has 17 heavy (non-hydrogen) atoms. The van der Waals surface area contributed by atoms with E-state index in [0.717, 1.165) is 0 Å². The average Bonchev–Trinajstić information content (AvgIpc) is 2.21. The van der Waals surface area contributed by atoms with E-state index in [1.54, 1.807) is 12.1 Å². The van der Waals surface area contributed by atoms with Crippen LogP contribution in [0.2, 0.25) is 10.0 Å². The summed E-state index contributed by atoms with van der Waals surface area (Å²) < 4.78 is 0. The van der Waals surface area contributed by atoms with E-state index >= 15 is 0 Å². The van der Waals surface area contributed by atoms with Crippen LogP contribution in [0.25, 0.3) is 0 Å². The number of hydrogen-bond acceptors (Lipinski definition) is 3. The molecule has 0 saturated carbocycles. The Hall–Kier alpha value is -1.30. The predicted octanol–water partition coefficient (Wildman–Crippen LogP) is 1.72. The highest BCUT2D eigenvalue weighted by atomic mass is 35.5. The van der Waals surface area contributed by atoms with Gasteiger partial charge in [-0.05, 0) is 18.2 Å². The standard InChI is InChI=1S/C10H9Cl2N3O2/c11-6-2-1-5(3-7(6)12)15-8(13)4-9(16)14-10(15)17/h1-3,8H,4,13H2,(H,14,16,17). The van der Waals surface area contributed by atoms with Crippen molar-refractivity contribution in [1.82, 2.24) is 5.32 Å². The van der Waals surface area contributed by atoms with Crippen molar-refractivity contribution in [3.05, 3.63) is 28.2 Å². The maximum Gasteiger partial charge on any atom is 0.329 e. The van der Waals surface area contributed by atoms with Gasteiger partial charge in [0.05, 0.1) is 22.6 Å². The number of benzene rings is 1. The Labute approximate surface area is 107 Å². The smallest absolute Gasteiger partial charge is 0.310 e. The lowest BCUT2D eigenvalue weighted by Gasteiger charge is -2.32. The fourth-order valence-electron chi connectivity index (χ4n) is 1.61.